The summed E-state index contributed by atoms with van der Waals surface area (Å²) < 4.78 is 6.09. The quantitative estimate of drug-likeness (QED) is 0.911. The normalized spacial score (nSPS) is 18.1. The van der Waals surface area contributed by atoms with Crippen LogP contribution in [0.5, 0.6) is 5.75 Å². The summed E-state index contributed by atoms with van der Waals surface area (Å²) in [6, 6.07) is 3.84. The van der Waals surface area contributed by atoms with E-state index in [1.807, 2.05) is 19.1 Å². The second-order valence-electron chi connectivity index (χ2n) is 5.25. The number of rotatable bonds is 3. The first-order chi connectivity index (χ1) is 9.01. The van der Waals surface area contributed by atoms with E-state index in [9.17, 15) is 9.90 Å². The molecule has 0 atom stereocenters. The highest BCUT2D eigenvalue weighted by Crippen LogP contribution is 2.43. The molecule has 1 aliphatic carbocycles. The van der Waals surface area contributed by atoms with Gasteiger partial charge in [0.1, 0.15) is 5.75 Å². The second kappa shape index (κ2) is 5.53. The fraction of sp³-hybridized carbons (Fsp3) is 0.533. The number of aryl methyl sites for hydroxylation is 1. The van der Waals surface area contributed by atoms with Crippen molar-refractivity contribution in [3.63, 3.8) is 0 Å². The second-order valence-corrected chi connectivity index (χ2v) is 6.10. The van der Waals surface area contributed by atoms with Gasteiger partial charge in [-0.25, -0.2) is 0 Å². The lowest BCUT2D eigenvalue weighted by molar-refractivity contribution is -0.145. The topological polar surface area (TPSA) is 46.5 Å². The molecule has 0 bridgehead atoms. The third kappa shape index (κ3) is 2.50. The molecule has 4 heteroatoms. The third-order valence-electron chi connectivity index (χ3n) is 4.13. The molecular formula is C15H19BrO3. The molecule has 1 aromatic carbocycles. The lowest BCUT2D eigenvalue weighted by atomic mass is 9.68. The average Bonchev–Trinajstić information content (AvgIpc) is 2.41. The molecule has 0 aromatic heterocycles. The summed E-state index contributed by atoms with van der Waals surface area (Å²) in [6.45, 7) is 1.96. The van der Waals surface area contributed by atoms with Crippen LogP contribution in [0.2, 0.25) is 0 Å². The fourth-order valence-corrected chi connectivity index (χ4v) is 3.59. The van der Waals surface area contributed by atoms with Crippen molar-refractivity contribution in [3.8, 4) is 5.75 Å². The van der Waals surface area contributed by atoms with Crippen molar-refractivity contribution < 1.29 is 14.6 Å². The summed E-state index contributed by atoms with van der Waals surface area (Å²) in [5.41, 5.74) is 1.19. The molecule has 1 saturated carbocycles. The SMILES string of the molecule is COc1cc(C)c(C2(C(=O)O)CCCCC2)cc1Br. The van der Waals surface area contributed by atoms with E-state index in [0.717, 1.165) is 53.5 Å². The van der Waals surface area contributed by atoms with Gasteiger partial charge < -0.3 is 9.84 Å². The summed E-state index contributed by atoms with van der Waals surface area (Å²) in [4.78, 5) is 11.8. The lowest BCUT2D eigenvalue weighted by Crippen LogP contribution is -2.38. The van der Waals surface area contributed by atoms with Crippen molar-refractivity contribution in [3.05, 3.63) is 27.7 Å². The van der Waals surface area contributed by atoms with Gasteiger partial charge in [0.25, 0.3) is 0 Å². The van der Waals surface area contributed by atoms with Crippen molar-refractivity contribution in [2.45, 2.75) is 44.4 Å². The largest absolute Gasteiger partial charge is 0.496 e. The van der Waals surface area contributed by atoms with Gasteiger partial charge in [-0.3, -0.25) is 4.79 Å². The molecule has 0 spiro atoms. The Hall–Kier alpha value is -1.03. The maximum Gasteiger partial charge on any atom is 0.314 e. The Bertz CT molecular complexity index is 490. The van der Waals surface area contributed by atoms with Crippen LogP contribution in [-0.2, 0) is 10.2 Å². The predicted molar refractivity (Wildman–Crippen MR) is 77.8 cm³/mol. The molecule has 1 aliphatic rings. The van der Waals surface area contributed by atoms with E-state index in [1.54, 1.807) is 7.11 Å². The number of methoxy groups -OCH3 is 1. The number of hydrogen-bond donors (Lipinski definition) is 1. The number of aliphatic carboxylic acids is 1. The van der Waals surface area contributed by atoms with Crippen molar-refractivity contribution >= 4 is 21.9 Å². The minimum Gasteiger partial charge on any atom is -0.496 e. The van der Waals surface area contributed by atoms with Gasteiger partial charge in [0.05, 0.1) is 17.0 Å². The monoisotopic (exact) mass is 326 g/mol. The Kier molecular flexibility index (Phi) is 4.19. The Balaban J connectivity index is 2.54. The highest BCUT2D eigenvalue weighted by molar-refractivity contribution is 9.10. The lowest BCUT2D eigenvalue weighted by Gasteiger charge is -2.35. The van der Waals surface area contributed by atoms with E-state index in [1.165, 1.54) is 0 Å². The van der Waals surface area contributed by atoms with E-state index < -0.39 is 11.4 Å². The van der Waals surface area contributed by atoms with Gasteiger partial charge in [0.15, 0.2) is 0 Å². The molecule has 1 fully saturated rings. The standard InChI is InChI=1S/C15H19BrO3/c1-10-8-13(19-2)12(16)9-11(10)15(14(17)18)6-4-3-5-7-15/h8-9H,3-7H2,1-2H3,(H,17,18). The van der Waals surface area contributed by atoms with Crippen LogP contribution in [0.1, 0.15) is 43.2 Å². The number of benzene rings is 1. The van der Waals surface area contributed by atoms with Gasteiger partial charge in [-0.05, 0) is 59.0 Å². The van der Waals surface area contributed by atoms with E-state index in [-0.39, 0.29) is 0 Å². The third-order valence-corrected chi connectivity index (χ3v) is 4.75. The highest BCUT2D eigenvalue weighted by atomic mass is 79.9. The van der Waals surface area contributed by atoms with Crippen molar-refractivity contribution in [2.75, 3.05) is 7.11 Å². The van der Waals surface area contributed by atoms with Gasteiger partial charge in [0, 0.05) is 0 Å². The Labute approximate surface area is 122 Å². The minimum atomic E-state index is -0.725. The first-order valence-electron chi connectivity index (χ1n) is 6.59. The number of hydrogen-bond acceptors (Lipinski definition) is 2. The van der Waals surface area contributed by atoms with Crippen LogP contribution in [0, 0.1) is 6.92 Å². The molecule has 2 rings (SSSR count). The molecular weight excluding hydrogens is 308 g/mol. The Morgan fingerprint density at radius 2 is 1.95 bits per heavy atom. The molecule has 104 valence electrons. The first kappa shape index (κ1) is 14.4. The van der Waals surface area contributed by atoms with Crippen LogP contribution in [0.25, 0.3) is 0 Å². The zero-order chi connectivity index (χ0) is 14.0. The summed E-state index contributed by atoms with van der Waals surface area (Å²) in [5, 5.41) is 9.74. The van der Waals surface area contributed by atoms with Crippen molar-refractivity contribution in [1.82, 2.24) is 0 Å². The zero-order valence-electron chi connectivity index (χ0n) is 11.3. The molecule has 0 amide bonds. The average molecular weight is 327 g/mol. The van der Waals surface area contributed by atoms with Crippen molar-refractivity contribution in [2.24, 2.45) is 0 Å². The van der Waals surface area contributed by atoms with Crippen LogP contribution in [0.15, 0.2) is 16.6 Å². The van der Waals surface area contributed by atoms with Gasteiger partial charge in [-0.15, -0.1) is 0 Å². The zero-order valence-corrected chi connectivity index (χ0v) is 12.9. The van der Waals surface area contributed by atoms with Crippen LogP contribution >= 0.6 is 15.9 Å². The maximum absolute atomic E-state index is 11.8. The van der Waals surface area contributed by atoms with E-state index in [0.29, 0.717) is 0 Å². The summed E-state index contributed by atoms with van der Waals surface area (Å²) in [5.74, 6) is 0.0463. The number of carboxylic acid groups (broad SMARTS) is 1. The molecule has 0 saturated heterocycles. The maximum atomic E-state index is 11.8. The number of halogens is 1. The van der Waals surface area contributed by atoms with Crippen LogP contribution in [0.4, 0.5) is 0 Å². The molecule has 0 unspecified atom stereocenters. The van der Waals surface area contributed by atoms with E-state index >= 15 is 0 Å². The Morgan fingerprint density at radius 3 is 2.47 bits per heavy atom. The van der Waals surface area contributed by atoms with Crippen LogP contribution in [0.3, 0.4) is 0 Å². The summed E-state index contributed by atoms with van der Waals surface area (Å²) >= 11 is 3.46. The van der Waals surface area contributed by atoms with Crippen LogP contribution < -0.4 is 4.74 Å². The summed E-state index contributed by atoms with van der Waals surface area (Å²) in [7, 11) is 1.62. The molecule has 3 nitrogen and oxygen atoms in total. The van der Waals surface area contributed by atoms with E-state index in [4.69, 9.17) is 4.74 Å². The van der Waals surface area contributed by atoms with Gasteiger partial charge in [0.2, 0.25) is 0 Å². The molecule has 19 heavy (non-hydrogen) atoms. The smallest absolute Gasteiger partial charge is 0.314 e. The number of ether oxygens (including phenoxy) is 1. The van der Waals surface area contributed by atoms with Gasteiger partial charge in [-0.2, -0.15) is 0 Å². The molecule has 0 aliphatic heterocycles. The Morgan fingerprint density at radius 1 is 1.32 bits per heavy atom. The number of carboxylic acids is 1. The van der Waals surface area contributed by atoms with Crippen molar-refractivity contribution in [1.29, 1.82) is 0 Å². The molecule has 0 heterocycles. The fourth-order valence-electron chi connectivity index (χ4n) is 3.08. The van der Waals surface area contributed by atoms with E-state index in [2.05, 4.69) is 15.9 Å². The number of carbonyl (C=O) groups is 1. The van der Waals surface area contributed by atoms with Crippen LogP contribution in [-0.4, -0.2) is 18.2 Å². The van der Waals surface area contributed by atoms with Gasteiger partial charge >= 0.3 is 5.97 Å². The molecule has 0 radical (unpaired) electrons. The highest BCUT2D eigenvalue weighted by Gasteiger charge is 2.42. The predicted octanol–water partition coefficient (Wildman–Crippen LogP) is 4.05. The summed E-state index contributed by atoms with van der Waals surface area (Å²) in [6.07, 6.45) is 4.54. The molecule has 1 N–H and O–H groups in total. The molecule has 1 aromatic rings. The first-order valence-corrected chi connectivity index (χ1v) is 7.38. The minimum absolute atomic E-state index is 0.702. The van der Waals surface area contributed by atoms with Gasteiger partial charge in [-0.1, -0.05) is 19.3 Å².